The Morgan fingerprint density at radius 2 is 1.75 bits per heavy atom. The first-order valence-corrected chi connectivity index (χ1v) is 13.5. The molecule has 2 aromatic carbocycles. The minimum absolute atomic E-state index is 0.0634. The number of methoxy groups -OCH3 is 2. The predicted octanol–water partition coefficient (Wildman–Crippen LogP) is 5.57. The second-order valence-corrected chi connectivity index (χ2v) is 10.1. The molecule has 1 aliphatic rings. The van der Waals surface area contributed by atoms with Crippen molar-refractivity contribution in [3.63, 3.8) is 0 Å². The molecule has 1 amide bonds. The average Bonchev–Trinajstić information content (AvgIpc) is 3.41. The first-order valence-electron chi connectivity index (χ1n) is 13.1. The number of nitrogens with one attached hydrogen (secondary N) is 2. The number of ether oxygens (including phenoxy) is 2. The topological polar surface area (TPSA) is 80.7 Å². The number of thiocarbonyl (C=S) groups is 1. The highest BCUT2D eigenvalue weighted by Crippen LogP contribution is 2.46. The van der Waals surface area contributed by atoms with Crippen LogP contribution in [0, 0.1) is 20.8 Å². The van der Waals surface area contributed by atoms with Crippen LogP contribution in [0.15, 0.2) is 72.9 Å². The monoisotopic (exact) mass is 555 g/mol. The van der Waals surface area contributed by atoms with Gasteiger partial charge in [-0.2, -0.15) is 0 Å². The molecule has 0 bridgehead atoms. The van der Waals surface area contributed by atoms with Crippen LogP contribution in [-0.4, -0.2) is 41.4 Å². The Balaban J connectivity index is 1.68. The standard InChI is InChI=1S/C31H33N5O3S/c1-19-20(2)35(22-11-7-6-8-12-22)21(3)28(19)30-29(24-13-9-10-16-32-24)34-31(40)36(30)23-14-15-26(39-5)25(17-23)33-27(37)18-38-4/h6-17,29-30H,18H2,1-5H3,(H,33,37)(H,34,40)/t29-,30+/m1/s1. The lowest BCUT2D eigenvalue weighted by molar-refractivity contribution is -0.119. The van der Waals surface area contributed by atoms with Crippen molar-refractivity contribution in [3.8, 4) is 11.4 Å². The number of anilines is 2. The van der Waals surface area contributed by atoms with Crippen LogP contribution < -0.4 is 20.3 Å². The number of nitrogens with zero attached hydrogens (tertiary/aromatic N) is 3. The van der Waals surface area contributed by atoms with Crippen molar-refractivity contribution >= 4 is 34.6 Å². The van der Waals surface area contributed by atoms with Crippen molar-refractivity contribution in [1.29, 1.82) is 0 Å². The van der Waals surface area contributed by atoms with Gasteiger partial charge in [-0.1, -0.05) is 24.3 Å². The Morgan fingerprint density at radius 3 is 2.42 bits per heavy atom. The number of carbonyl (C=O) groups excluding carboxylic acids is 1. The zero-order valence-corrected chi connectivity index (χ0v) is 24.1. The molecule has 9 heteroatoms. The zero-order chi connectivity index (χ0) is 28.4. The normalized spacial score (nSPS) is 16.6. The van der Waals surface area contributed by atoms with E-state index in [4.69, 9.17) is 26.7 Å². The van der Waals surface area contributed by atoms with Crippen molar-refractivity contribution in [1.82, 2.24) is 14.9 Å². The molecule has 0 unspecified atom stereocenters. The first-order chi connectivity index (χ1) is 19.3. The average molecular weight is 556 g/mol. The van der Waals surface area contributed by atoms with Gasteiger partial charge in [0, 0.05) is 41.6 Å². The van der Waals surface area contributed by atoms with E-state index in [9.17, 15) is 4.79 Å². The van der Waals surface area contributed by atoms with E-state index in [0.29, 0.717) is 16.5 Å². The summed E-state index contributed by atoms with van der Waals surface area (Å²) in [5.74, 6) is 0.271. The molecule has 3 heterocycles. The van der Waals surface area contributed by atoms with Gasteiger partial charge in [0.1, 0.15) is 12.4 Å². The first kappa shape index (κ1) is 27.4. The highest BCUT2D eigenvalue weighted by molar-refractivity contribution is 7.80. The summed E-state index contributed by atoms with van der Waals surface area (Å²) in [6.07, 6.45) is 1.80. The summed E-state index contributed by atoms with van der Waals surface area (Å²) in [6.45, 7) is 6.40. The molecule has 8 nitrogen and oxygen atoms in total. The van der Waals surface area contributed by atoms with E-state index >= 15 is 0 Å². The summed E-state index contributed by atoms with van der Waals surface area (Å²) < 4.78 is 12.8. The molecule has 2 atom stereocenters. The van der Waals surface area contributed by atoms with Crippen molar-refractivity contribution in [2.45, 2.75) is 32.9 Å². The van der Waals surface area contributed by atoms with Crippen molar-refractivity contribution in [2.75, 3.05) is 31.0 Å². The van der Waals surface area contributed by atoms with Gasteiger partial charge in [-0.3, -0.25) is 9.78 Å². The molecule has 0 radical (unpaired) electrons. The zero-order valence-electron chi connectivity index (χ0n) is 23.3. The number of rotatable bonds is 8. The van der Waals surface area contributed by atoms with Gasteiger partial charge < -0.3 is 29.6 Å². The largest absolute Gasteiger partial charge is 0.495 e. The number of pyridine rings is 1. The maximum Gasteiger partial charge on any atom is 0.250 e. The molecule has 0 aliphatic carbocycles. The van der Waals surface area contributed by atoms with Crippen molar-refractivity contribution < 1.29 is 14.3 Å². The maximum atomic E-state index is 12.4. The molecule has 4 aromatic rings. The lowest BCUT2D eigenvalue weighted by atomic mass is 9.93. The molecule has 1 fully saturated rings. The summed E-state index contributed by atoms with van der Waals surface area (Å²) in [4.78, 5) is 19.2. The van der Waals surface area contributed by atoms with Gasteiger partial charge in [0.25, 0.3) is 0 Å². The van der Waals surface area contributed by atoms with E-state index in [-0.39, 0.29) is 24.6 Å². The van der Waals surface area contributed by atoms with Gasteiger partial charge in [0.15, 0.2) is 5.11 Å². The molecule has 2 N–H and O–H groups in total. The Kier molecular flexibility index (Phi) is 7.86. The number of carbonyl (C=O) groups is 1. The van der Waals surface area contributed by atoms with Crippen LogP contribution in [0.4, 0.5) is 11.4 Å². The van der Waals surface area contributed by atoms with Crippen molar-refractivity contribution in [3.05, 3.63) is 101 Å². The Morgan fingerprint density at radius 1 is 1.00 bits per heavy atom. The van der Waals surface area contributed by atoms with Crippen LogP contribution in [0.5, 0.6) is 5.75 Å². The van der Waals surface area contributed by atoms with Gasteiger partial charge in [0.05, 0.1) is 30.6 Å². The fourth-order valence-electron chi connectivity index (χ4n) is 5.59. The van der Waals surface area contributed by atoms with E-state index in [1.807, 2.05) is 42.5 Å². The lowest BCUT2D eigenvalue weighted by Gasteiger charge is -2.29. The van der Waals surface area contributed by atoms with E-state index in [1.165, 1.54) is 23.9 Å². The van der Waals surface area contributed by atoms with Gasteiger partial charge in [0.2, 0.25) is 5.91 Å². The molecular formula is C31H33N5O3S. The van der Waals surface area contributed by atoms with Gasteiger partial charge >= 0.3 is 0 Å². The summed E-state index contributed by atoms with van der Waals surface area (Å²) in [7, 11) is 3.06. The number of amides is 1. The van der Waals surface area contributed by atoms with Crippen LogP contribution in [0.1, 0.15) is 40.3 Å². The molecule has 1 saturated heterocycles. The number of hydrogen-bond donors (Lipinski definition) is 2. The van der Waals surface area contributed by atoms with Crippen LogP contribution in [0.25, 0.3) is 5.69 Å². The fourth-order valence-corrected chi connectivity index (χ4v) is 5.94. The Bertz CT molecular complexity index is 1540. The number of aromatic nitrogens is 2. The third kappa shape index (κ3) is 4.94. The van der Waals surface area contributed by atoms with Crippen LogP contribution in [0.2, 0.25) is 0 Å². The second kappa shape index (κ2) is 11.5. The van der Waals surface area contributed by atoms with Crippen LogP contribution in [0.3, 0.4) is 0 Å². The quantitative estimate of drug-likeness (QED) is 0.275. The highest BCUT2D eigenvalue weighted by atomic mass is 32.1. The minimum atomic E-state index is -0.273. The van der Waals surface area contributed by atoms with E-state index in [2.05, 4.69) is 65.1 Å². The third-order valence-electron chi connectivity index (χ3n) is 7.43. The SMILES string of the molecule is COCC(=O)Nc1cc(N2C(=S)N[C@H](c3ccccn3)[C@@H]2c2c(C)c(C)n(-c3ccccc3)c2C)ccc1OC. The number of hydrogen-bond acceptors (Lipinski definition) is 5. The fraction of sp³-hybridized carbons (Fsp3) is 0.258. The maximum absolute atomic E-state index is 12.4. The summed E-state index contributed by atoms with van der Waals surface area (Å²) in [5.41, 5.74) is 8.01. The van der Waals surface area contributed by atoms with E-state index in [0.717, 1.165) is 22.8 Å². The van der Waals surface area contributed by atoms with Crippen LogP contribution in [-0.2, 0) is 9.53 Å². The summed E-state index contributed by atoms with van der Waals surface area (Å²) >= 11 is 5.97. The summed E-state index contributed by atoms with van der Waals surface area (Å²) in [6, 6.07) is 21.6. The molecule has 206 valence electrons. The number of para-hydroxylation sites is 1. The molecule has 40 heavy (non-hydrogen) atoms. The Hall–Kier alpha value is -4.21. The lowest BCUT2D eigenvalue weighted by Crippen LogP contribution is -2.30. The molecule has 1 aliphatic heterocycles. The van der Waals surface area contributed by atoms with Crippen molar-refractivity contribution in [2.24, 2.45) is 0 Å². The molecule has 2 aromatic heterocycles. The van der Waals surface area contributed by atoms with E-state index in [1.54, 1.807) is 13.3 Å². The number of benzene rings is 2. The minimum Gasteiger partial charge on any atom is -0.495 e. The van der Waals surface area contributed by atoms with E-state index < -0.39 is 0 Å². The molecule has 5 rings (SSSR count). The van der Waals surface area contributed by atoms with Gasteiger partial charge in [-0.15, -0.1) is 0 Å². The molecular weight excluding hydrogens is 522 g/mol. The van der Waals surface area contributed by atoms with Gasteiger partial charge in [-0.05, 0) is 81.0 Å². The van der Waals surface area contributed by atoms with Gasteiger partial charge in [-0.25, -0.2) is 0 Å². The van der Waals surface area contributed by atoms with Crippen LogP contribution >= 0.6 is 12.2 Å². The Labute approximate surface area is 239 Å². The summed E-state index contributed by atoms with van der Waals surface area (Å²) in [5, 5.41) is 7.02. The molecule has 0 spiro atoms. The molecule has 0 saturated carbocycles. The second-order valence-electron chi connectivity index (χ2n) is 9.74. The predicted molar refractivity (Wildman–Crippen MR) is 161 cm³/mol. The smallest absolute Gasteiger partial charge is 0.250 e. The third-order valence-corrected chi connectivity index (χ3v) is 7.74. The highest BCUT2D eigenvalue weighted by Gasteiger charge is 2.43.